The number of aromatic amines is 2. The lowest BCUT2D eigenvalue weighted by Gasteiger charge is -2.01. The van der Waals surface area contributed by atoms with Gasteiger partial charge in [-0.3, -0.25) is 9.78 Å². The number of carbonyl (C=O) groups is 1. The van der Waals surface area contributed by atoms with Crippen molar-refractivity contribution in [3.05, 3.63) is 40.3 Å². The highest BCUT2D eigenvalue weighted by atomic mass is 16.4. The van der Waals surface area contributed by atoms with E-state index in [1.165, 1.54) is 0 Å². The molecule has 0 aliphatic carbocycles. The highest BCUT2D eigenvalue weighted by molar-refractivity contribution is 5.67. The number of benzene rings is 1. The van der Waals surface area contributed by atoms with Crippen molar-refractivity contribution in [3.63, 3.8) is 0 Å². The summed E-state index contributed by atoms with van der Waals surface area (Å²) in [7, 11) is 0. The Morgan fingerprint density at radius 2 is 2.24 bits per heavy atom. The minimum atomic E-state index is -0.830. The van der Waals surface area contributed by atoms with Crippen molar-refractivity contribution in [2.75, 3.05) is 0 Å². The molecule has 0 radical (unpaired) electrons. The van der Waals surface area contributed by atoms with E-state index in [4.69, 9.17) is 5.11 Å². The first kappa shape index (κ1) is 11.1. The largest absolute Gasteiger partial charge is 0.481 e. The maximum atomic E-state index is 10.9. The lowest BCUT2D eigenvalue weighted by Crippen LogP contribution is -2.00. The third-order valence-corrected chi connectivity index (χ3v) is 2.33. The minimum Gasteiger partial charge on any atom is -0.481 e. The zero-order chi connectivity index (χ0) is 12.3. The number of nitrogens with one attached hydrogen (secondary N) is 2. The molecule has 2 rings (SSSR count). The highest BCUT2D eigenvalue weighted by Gasteiger charge is 2.04. The van der Waals surface area contributed by atoms with E-state index < -0.39 is 5.97 Å². The van der Waals surface area contributed by atoms with Gasteiger partial charge in [0.15, 0.2) is 5.82 Å². The quantitative estimate of drug-likeness (QED) is 0.726. The Morgan fingerprint density at radius 1 is 1.41 bits per heavy atom. The molecule has 0 unspecified atom stereocenters. The smallest absolute Gasteiger partial charge is 0.340 e. The second-order valence-electron chi connectivity index (χ2n) is 3.62. The first-order valence-corrected chi connectivity index (χ1v) is 5.11. The van der Waals surface area contributed by atoms with Gasteiger partial charge < -0.3 is 5.11 Å². The number of aliphatic carboxylic acids is 1. The fourth-order valence-corrected chi connectivity index (χ4v) is 1.53. The summed E-state index contributed by atoms with van der Waals surface area (Å²) in [6.07, 6.45) is 0.540. The Balaban J connectivity index is 2.22. The summed E-state index contributed by atoms with van der Waals surface area (Å²) in [4.78, 5) is 23.9. The molecular formula is C11H11N3O3. The van der Waals surface area contributed by atoms with Crippen LogP contribution < -0.4 is 5.69 Å². The van der Waals surface area contributed by atoms with Crippen molar-refractivity contribution in [3.8, 4) is 11.4 Å². The molecule has 2 aromatic rings. The zero-order valence-electron chi connectivity index (χ0n) is 8.93. The van der Waals surface area contributed by atoms with Crippen LogP contribution in [-0.4, -0.2) is 26.3 Å². The van der Waals surface area contributed by atoms with Crippen molar-refractivity contribution in [2.24, 2.45) is 0 Å². The van der Waals surface area contributed by atoms with Crippen LogP contribution in [0.4, 0.5) is 0 Å². The molecule has 1 aromatic carbocycles. The van der Waals surface area contributed by atoms with E-state index in [2.05, 4.69) is 15.2 Å². The van der Waals surface area contributed by atoms with E-state index in [-0.39, 0.29) is 12.1 Å². The van der Waals surface area contributed by atoms with Gasteiger partial charge in [-0.25, -0.2) is 9.89 Å². The van der Waals surface area contributed by atoms with Crippen LogP contribution in [0.5, 0.6) is 0 Å². The molecule has 6 nitrogen and oxygen atoms in total. The Morgan fingerprint density at radius 3 is 2.88 bits per heavy atom. The van der Waals surface area contributed by atoms with E-state index in [9.17, 15) is 9.59 Å². The molecule has 0 bridgehead atoms. The van der Waals surface area contributed by atoms with E-state index in [0.717, 1.165) is 11.1 Å². The average Bonchev–Trinajstić information content (AvgIpc) is 2.74. The molecule has 0 spiro atoms. The van der Waals surface area contributed by atoms with Crippen LogP contribution in [0, 0.1) is 0 Å². The predicted molar refractivity (Wildman–Crippen MR) is 60.6 cm³/mol. The van der Waals surface area contributed by atoms with Crippen molar-refractivity contribution in [1.82, 2.24) is 15.2 Å². The molecule has 1 aromatic heterocycles. The molecule has 0 atom stereocenters. The maximum Gasteiger partial charge on any atom is 0.340 e. The Bertz CT molecular complexity index is 585. The van der Waals surface area contributed by atoms with Crippen LogP contribution in [-0.2, 0) is 11.2 Å². The van der Waals surface area contributed by atoms with E-state index in [0.29, 0.717) is 12.2 Å². The van der Waals surface area contributed by atoms with E-state index in [1.54, 1.807) is 12.1 Å². The van der Waals surface area contributed by atoms with Crippen LogP contribution in [0.15, 0.2) is 29.1 Å². The van der Waals surface area contributed by atoms with Gasteiger partial charge in [0.25, 0.3) is 0 Å². The monoisotopic (exact) mass is 233 g/mol. The fourth-order valence-electron chi connectivity index (χ4n) is 1.53. The van der Waals surface area contributed by atoms with Gasteiger partial charge in [-0.15, -0.1) is 0 Å². The van der Waals surface area contributed by atoms with E-state index in [1.807, 2.05) is 12.1 Å². The number of hydrogen-bond donors (Lipinski definition) is 3. The molecular weight excluding hydrogens is 222 g/mol. The average molecular weight is 233 g/mol. The predicted octanol–water partition coefficient (Wildman–Crippen LogP) is 0.782. The Kier molecular flexibility index (Phi) is 3.04. The lowest BCUT2D eigenvalue weighted by atomic mass is 10.1. The summed E-state index contributed by atoms with van der Waals surface area (Å²) in [6, 6.07) is 7.27. The lowest BCUT2D eigenvalue weighted by molar-refractivity contribution is -0.136. The number of H-pyrrole nitrogens is 2. The summed E-state index contributed by atoms with van der Waals surface area (Å²) in [6.45, 7) is 0. The molecule has 6 heteroatoms. The van der Waals surface area contributed by atoms with Crippen molar-refractivity contribution in [1.29, 1.82) is 0 Å². The summed E-state index contributed by atoms with van der Waals surface area (Å²) in [5.41, 5.74) is 1.29. The van der Waals surface area contributed by atoms with Crippen LogP contribution >= 0.6 is 0 Å². The van der Waals surface area contributed by atoms with Crippen LogP contribution in [0.3, 0.4) is 0 Å². The first-order valence-electron chi connectivity index (χ1n) is 5.11. The van der Waals surface area contributed by atoms with Crippen LogP contribution in [0.25, 0.3) is 11.4 Å². The second-order valence-corrected chi connectivity index (χ2v) is 3.62. The molecule has 88 valence electrons. The van der Waals surface area contributed by atoms with Crippen LogP contribution in [0.2, 0.25) is 0 Å². The topological polar surface area (TPSA) is 98.8 Å². The number of rotatable bonds is 4. The number of carboxylic acid groups (broad SMARTS) is 1. The molecule has 0 aliphatic heterocycles. The molecule has 0 saturated heterocycles. The van der Waals surface area contributed by atoms with Crippen molar-refractivity contribution in [2.45, 2.75) is 12.8 Å². The maximum absolute atomic E-state index is 10.9. The molecule has 1 heterocycles. The number of aryl methyl sites for hydroxylation is 1. The molecule has 0 saturated carbocycles. The first-order chi connectivity index (χ1) is 8.15. The Hall–Kier alpha value is -2.37. The number of nitrogens with zero attached hydrogens (tertiary/aromatic N) is 1. The molecule has 3 N–H and O–H groups in total. The number of hydrogen-bond acceptors (Lipinski definition) is 3. The standard InChI is InChI=1S/C11H11N3O3/c15-9(16)5-4-7-2-1-3-8(6-7)10-12-11(17)14-13-10/h1-3,6H,4-5H2,(H,15,16)(H2,12,13,14,17). The highest BCUT2D eigenvalue weighted by Crippen LogP contribution is 2.15. The van der Waals surface area contributed by atoms with Gasteiger partial charge in [-0.05, 0) is 18.1 Å². The van der Waals surface area contributed by atoms with Gasteiger partial charge in [0, 0.05) is 12.0 Å². The van der Waals surface area contributed by atoms with E-state index >= 15 is 0 Å². The second kappa shape index (κ2) is 4.65. The minimum absolute atomic E-state index is 0.0839. The van der Waals surface area contributed by atoms with Crippen molar-refractivity contribution < 1.29 is 9.90 Å². The molecule has 0 amide bonds. The molecule has 17 heavy (non-hydrogen) atoms. The van der Waals surface area contributed by atoms with Gasteiger partial charge in [-0.1, -0.05) is 18.2 Å². The summed E-state index contributed by atoms with van der Waals surface area (Å²) in [5, 5.41) is 14.7. The summed E-state index contributed by atoms with van der Waals surface area (Å²) < 4.78 is 0. The third kappa shape index (κ3) is 2.81. The fraction of sp³-hybridized carbons (Fsp3) is 0.182. The third-order valence-electron chi connectivity index (χ3n) is 2.33. The Labute approximate surface area is 96.3 Å². The molecule has 0 aliphatic rings. The summed E-state index contributed by atoms with van der Waals surface area (Å²) >= 11 is 0. The SMILES string of the molecule is O=C(O)CCc1cccc(-c2n[nH]c(=O)[nH]2)c1. The zero-order valence-corrected chi connectivity index (χ0v) is 8.93. The van der Waals surface area contributed by atoms with Gasteiger partial charge in [0.05, 0.1) is 0 Å². The number of carboxylic acids is 1. The van der Waals surface area contributed by atoms with Gasteiger partial charge in [-0.2, -0.15) is 5.10 Å². The number of aromatic nitrogens is 3. The normalized spacial score (nSPS) is 10.4. The van der Waals surface area contributed by atoms with Gasteiger partial charge >= 0.3 is 11.7 Å². The van der Waals surface area contributed by atoms with Gasteiger partial charge in [0.2, 0.25) is 0 Å². The summed E-state index contributed by atoms with van der Waals surface area (Å²) in [5.74, 6) is -0.379. The van der Waals surface area contributed by atoms with Gasteiger partial charge in [0.1, 0.15) is 0 Å². The van der Waals surface area contributed by atoms with Crippen molar-refractivity contribution >= 4 is 5.97 Å². The van der Waals surface area contributed by atoms with Crippen LogP contribution in [0.1, 0.15) is 12.0 Å². The molecule has 0 fully saturated rings.